The van der Waals surface area contributed by atoms with Gasteiger partial charge >= 0.3 is 0 Å². The van der Waals surface area contributed by atoms with Crippen LogP contribution < -0.4 is 0 Å². The van der Waals surface area contributed by atoms with E-state index in [2.05, 4.69) is 18.3 Å². The molecule has 44 valence electrons. The quantitative estimate of drug-likeness (QED) is 0.343. The van der Waals surface area contributed by atoms with E-state index in [-0.39, 0.29) is 0 Å². The molecule has 0 spiro atoms. The highest BCUT2D eigenvalue weighted by molar-refractivity contribution is 5.22. The van der Waals surface area contributed by atoms with Gasteiger partial charge in [0, 0.05) is 12.6 Å². The topological polar surface area (TPSA) is 36.1 Å². The number of nitrogens with zero attached hydrogens (tertiary/aromatic N) is 2. The second-order valence-electron chi connectivity index (χ2n) is 1.21. The minimum absolute atomic E-state index is 0.560. The number of nitriles is 1. The smallest absolute Gasteiger partial charge is 0.0937 e. The Morgan fingerprint density at radius 2 is 1.88 bits per heavy atom. The molecule has 0 fully saturated rings. The number of allylic oxidation sites excluding steroid dienone is 1. The van der Waals surface area contributed by atoms with Crippen LogP contribution in [0.4, 0.5) is 0 Å². The summed E-state index contributed by atoms with van der Waals surface area (Å²) < 4.78 is 0. The molecular weight excluding hydrogens is 100 g/mol. The monoisotopic (exact) mass is 110 g/mol. The molecule has 0 heterocycles. The highest BCUT2D eigenvalue weighted by atomic mass is 14.6. The summed E-state index contributed by atoms with van der Waals surface area (Å²) in [6.07, 6.45) is 0. The average Bonchev–Trinajstić information content (AvgIpc) is 1.69. The van der Waals surface area contributed by atoms with Crippen LogP contribution in [0.25, 0.3) is 0 Å². The van der Waals surface area contributed by atoms with Gasteiger partial charge < -0.3 is 4.99 Å². The molecular formula is C6H10N2. The summed E-state index contributed by atoms with van der Waals surface area (Å²) in [5.74, 6) is 0. The van der Waals surface area contributed by atoms with Gasteiger partial charge in [0.05, 0.1) is 6.07 Å². The second-order valence-corrected chi connectivity index (χ2v) is 1.21. The molecule has 0 unspecified atom stereocenters. The molecule has 0 rings (SSSR count). The number of rotatable bonds is 0. The summed E-state index contributed by atoms with van der Waals surface area (Å²) in [4.78, 5) is 3.25. The molecule has 0 aromatic carbocycles. The Bertz CT molecular complexity index is 108. The van der Waals surface area contributed by atoms with Crippen molar-refractivity contribution in [1.29, 1.82) is 5.26 Å². The summed E-state index contributed by atoms with van der Waals surface area (Å²) in [6.45, 7) is 8.09. The maximum atomic E-state index is 7.79. The maximum Gasteiger partial charge on any atom is 0.0937 e. The number of aliphatic imine (C=N–C) groups is 1. The lowest BCUT2D eigenvalue weighted by molar-refractivity contribution is 1.46. The summed E-state index contributed by atoms with van der Waals surface area (Å²) >= 11 is 0. The van der Waals surface area contributed by atoms with Crippen molar-refractivity contribution in [3.05, 3.63) is 12.2 Å². The molecule has 0 aromatic heterocycles. The van der Waals surface area contributed by atoms with Gasteiger partial charge in [0.25, 0.3) is 0 Å². The molecule has 0 radical (unpaired) electrons. The third kappa shape index (κ3) is 92.0. The molecule has 2 heteroatoms. The third-order valence-corrected chi connectivity index (χ3v) is 0.191. The molecule has 0 aliphatic heterocycles. The van der Waals surface area contributed by atoms with Gasteiger partial charge in [-0.15, -0.1) is 0 Å². The summed E-state index contributed by atoms with van der Waals surface area (Å²) in [5.41, 5.74) is 0.560. The molecule has 0 atom stereocenters. The first-order chi connectivity index (χ1) is 3.68. The number of hydrogen-bond donors (Lipinski definition) is 0. The Labute approximate surface area is 50.2 Å². The van der Waals surface area contributed by atoms with Crippen LogP contribution in [0.15, 0.2) is 17.1 Å². The SMILES string of the molecule is C=C(C)C#N.C=NC. The van der Waals surface area contributed by atoms with E-state index in [1.165, 1.54) is 0 Å². The number of hydrogen-bond acceptors (Lipinski definition) is 2. The molecule has 0 aliphatic carbocycles. The zero-order valence-electron chi connectivity index (χ0n) is 5.31. The first-order valence-electron chi connectivity index (χ1n) is 2.09. The molecule has 0 bridgehead atoms. The summed E-state index contributed by atoms with van der Waals surface area (Å²) in [5, 5.41) is 7.79. The van der Waals surface area contributed by atoms with E-state index < -0.39 is 0 Å². The lowest BCUT2D eigenvalue weighted by Crippen LogP contribution is -1.51. The van der Waals surface area contributed by atoms with Crippen LogP contribution in [0.5, 0.6) is 0 Å². The van der Waals surface area contributed by atoms with Crippen LogP contribution >= 0.6 is 0 Å². The van der Waals surface area contributed by atoms with Gasteiger partial charge in [0.1, 0.15) is 0 Å². The Hall–Kier alpha value is -1.10. The fourth-order valence-electron chi connectivity index (χ4n) is 0. The molecule has 0 amide bonds. The van der Waals surface area contributed by atoms with E-state index in [9.17, 15) is 0 Å². The minimum Gasteiger partial charge on any atom is -0.304 e. The molecule has 8 heavy (non-hydrogen) atoms. The lowest BCUT2D eigenvalue weighted by atomic mass is 10.4. The molecule has 0 saturated heterocycles. The Balaban J connectivity index is 0. The highest BCUT2D eigenvalue weighted by Gasteiger charge is 1.64. The second kappa shape index (κ2) is 9.31. The van der Waals surface area contributed by atoms with Crippen LogP contribution in [0, 0.1) is 11.3 Å². The fourth-order valence-corrected chi connectivity index (χ4v) is 0. The van der Waals surface area contributed by atoms with E-state index in [1.54, 1.807) is 14.0 Å². The highest BCUT2D eigenvalue weighted by Crippen LogP contribution is 1.74. The van der Waals surface area contributed by atoms with Crippen molar-refractivity contribution in [3.63, 3.8) is 0 Å². The van der Waals surface area contributed by atoms with E-state index in [0.29, 0.717) is 5.57 Å². The molecule has 2 nitrogen and oxygen atoms in total. The van der Waals surface area contributed by atoms with Crippen LogP contribution in [-0.2, 0) is 0 Å². The van der Waals surface area contributed by atoms with Gasteiger partial charge in [-0.3, -0.25) is 0 Å². The summed E-state index contributed by atoms with van der Waals surface area (Å²) in [7, 11) is 1.64. The van der Waals surface area contributed by atoms with E-state index in [0.717, 1.165) is 0 Å². The zero-order chi connectivity index (χ0) is 6.99. The minimum atomic E-state index is 0.560. The standard InChI is InChI=1S/C4H5N.C2H5N/c1-4(2)3-5;1-3-2/h1H2,2H3;1H2,2H3. The normalized spacial score (nSPS) is 5.12. The van der Waals surface area contributed by atoms with Crippen LogP contribution in [-0.4, -0.2) is 13.8 Å². The Kier molecular flexibility index (Phi) is 11.6. The van der Waals surface area contributed by atoms with E-state index in [4.69, 9.17) is 5.26 Å². The molecule has 0 saturated carbocycles. The Morgan fingerprint density at radius 1 is 1.75 bits per heavy atom. The van der Waals surface area contributed by atoms with Gasteiger partial charge in [0.15, 0.2) is 0 Å². The van der Waals surface area contributed by atoms with Gasteiger partial charge in [0.2, 0.25) is 0 Å². The van der Waals surface area contributed by atoms with Gasteiger partial charge in [-0.05, 0) is 13.6 Å². The molecule has 0 aliphatic rings. The van der Waals surface area contributed by atoms with Gasteiger partial charge in [-0.2, -0.15) is 5.26 Å². The van der Waals surface area contributed by atoms with Crippen LogP contribution in [0.3, 0.4) is 0 Å². The van der Waals surface area contributed by atoms with Crippen molar-refractivity contribution < 1.29 is 0 Å². The average molecular weight is 110 g/mol. The zero-order valence-corrected chi connectivity index (χ0v) is 5.31. The van der Waals surface area contributed by atoms with Crippen molar-refractivity contribution in [2.75, 3.05) is 7.05 Å². The maximum absolute atomic E-state index is 7.79. The Morgan fingerprint density at radius 3 is 1.88 bits per heavy atom. The lowest BCUT2D eigenvalue weighted by Gasteiger charge is -1.61. The molecule has 0 N–H and O–H groups in total. The summed E-state index contributed by atoms with van der Waals surface area (Å²) in [6, 6.07) is 1.83. The van der Waals surface area contributed by atoms with Gasteiger partial charge in [-0.1, -0.05) is 6.58 Å². The first-order valence-corrected chi connectivity index (χ1v) is 2.09. The van der Waals surface area contributed by atoms with Crippen molar-refractivity contribution in [2.24, 2.45) is 4.99 Å². The van der Waals surface area contributed by atoms with E-state index >= 15 is 0 Å². The van der Waals surface area contributed by atoms with Crippen molar-refractivity contribution in [1.82, 2.24) is 0 Å². The fraction of sp³-hybridized carbons (Fsp3) is 0.333. The molecule has 0 aromatic rings. The third-order valence-electron chi connectivity index (χ3n) is 0.191. The van der Waals surface area contributed by atoms with Crippen molar-refractivity contribution >= 4 is 6.72 Å². The largest absolute Gasteiger partial charge is 0.304 e. The van der Waals surface area contributed by atoms with Crippen LogP contribution in [0.2, 0.25) is 0 Å². The predicted molar refractivity (Wildman–Crippen MR) is 35.9 cm³/mol. The predicted octanol–water partition coefficient (Wildman–Crippen LogP) is 1.40. The van der Waals surface area contributed by atoms with Crippen molar-refractivity contribution in [3.8, 4) is 6.07 Å². The van der Waals surface area contributed by atoms with Crippen LogP contribution in [0.1, 0.15) is 6.92 Å². The van der Waals surface area contributed by atoms with Crippen molar-refractivity contribution in [2.45, 2.75) is 6.92 Å². The van der Waals surface area contributed by atoms with Gasteiger partial charge in [-0.25, -0.2) is 0 Å². The van der Waals surface area contributed by atoms with E-state index in [1.807, 2.05) is 6.07 Å². The first kappa shape index (κ1) is 10.0.